The SMILES string of the molecule is C[C@H](CN)NC(=O)c1ccccc1C(C)(C)C. The number of hydrogen-bond acceptors (Lipinski definition) is 2. The molecule has 0 aliphatic heterocycles. The van der Waals surface area contributed by atoms with Gasteiger partial charge in [0.2, 0.25) is 0 Å². The highest BCUT2D eigenvalue weighted by molar-refractivity contribution is 5.96. The molecule has 0 aliphatic rings. The van der Waals surface area contributed by atoms with Gasteiger partial charge in [0, 0.05) is 18.2 Å². The van der Waals surface area contributed by atoms with Crippen LogP contribution in [-0.2, 0) is 5.41 Å². The van der Waals surface area contributed by atoms with Gasteiger partial charge in [-0.05, 0) is 24.0 Å². The molecule has 0 radical (unpaired) electrons. The van der Waals surface area contributed by atoms with Crippen LogP contribution < -0.4 is 11.1 Å². The smallest absolute Gasteiger partial charge is 0.251 e. The van der Waals surface area contributed by atoms with Crippen molar-refractivity contribution in [1.29, 1.82) is 0 Å². The fourth-order valence-electron chi connectivity index (χ4n) is 1.70. The van der Waals surface area contributed by atoms with Crippen LogP contribution in [0.2, 0.25) is 0 Å². The zero-order chi connectivity index (χ0) is 13.1. The van der Waals surface area contributed by atoms with Crippen LogP contribution in [0.4, 0.5) is 0 Å². The Morgan fingerprint density at radius 1 is 1.35 bits per heavy atom. The topological polar surface area (TPSA) is 55.1 Å². The highest BCUT2D eigenvalue weighted by Crippen LogP contribution is 2.25. The maximum Gasteiger partial charge on any atom is 0.251 e. The summed E-state index contributed by atoms with van der Waals surface area (Å²) in [5.74, 6) is -0.0477. The van der Waals surface area contributed by atoms with Gasteiger partial charge < -0.3 is 11.1 Å². The first kappa shape index (κ1) is 13.7. The minimum atomic E-state index is -0.0477. The average Bonchev–Trinajstić information content (AvgIpc) is 2.27. The Hall–Kier alpha value is -1.35. The van der Waals surface area contributed by atoms with E-state index in [1.807, 2.05) is 31.2 Å². The van der Waals surface area contributed by atoms with E-state index in [0.29, 0.717) is 6.54 Å². The number of nitrogens with two attached hydrogens (primary N) is 1. The lowest BCUT2D eigenvalue weighted by molar-refractivity contribution is 0.0939. The Morgan fingerprint density at radius 2 is 1.94 bits per heavy atom. The van der Waals surface area contributed by atoms with Crippen molar-refractivity contribution >= 4 is 5.91 Å². The van der Waals surface area contributed by atoms with E-state index < -0.39 is 0 Å². The summed E-state index contributed by atoms with van der Waals surface area (Å²) >= 11 is 0. The Labute approximate surface area is 103 Å². The normalized spacial score (nSPS) is 13.2. The van der Waals surface area contributed by atoms with Gasteiger partial charge in [-0.25, -0.2) is 0 Å². The first-order valence-corrected chi connectivity index (χ1v) is 5.96. The molecule has 0 spiro atoms. The van der Waals surface area contributed by atoms with Crippen LogP contribution in [0.3, 0.4) is 0 Å². The summed E-state index contributed by atoms with van der Waals surface area (Å²) in [5.41, 5.74) is 7.26. The fourth-order valence-corrected chi connectivity index (χ4v) is 1.70. The molecular weight excluding hydrogens is 212 g/mol. The molecule has 0 saturated carbocycles. The van der Waals surface area contributed by atoms with Crippen LogP contribution in [0.15, 0.2) is 24.3 Å². The number of carbonyl (C=O) groups is 1. The number of hydrogen-bond donors (Lipinski definition) is 2. The Kier molecular flexibility index (Phi) is 4.29. The molecule has 0 aliphatic carbocycles. The van der Waals surface area contributed by atoms with Crippen molar-refractivity contribution in [3.05, 3.63) is 35.4 Å². The third-order valence-corrected chi connectivity index (χ3v) is 2.71. The van der Waals surface area contributed by atoms with Crippen molar-refractivity contribution in [2.24, 2.45) is 5.73 Å². The summed E-state index contributed by atoms with van der Waals surface area (Å²) < 4.78 is 0. The van der Waals surface area contributed by atoms with Crippen LogP contribution in [0, 0.1) is 0 Å². The monoisotopic (exact) mass is 234 g/mol. The van der Waals surface area contributed by atoms with Gasteiger partial charge in [0.05, 0.1) is 0 Å². The van der Waals surface area contributed by atoms with Crippen LogP contribution in [0.25, 0.3) is 0 Å². The van der Waals surface area contributed by atoms with Crippen molar-refractivity contribution in [2.45, 2.75) is 39.2 Å². The van der Waals surface area contributed by atoms with Gasteiger partial charge in [-0.3, -0.25) is 4.79 Å². The van der Waals surface area contributed by atoms with Gasteiger partial charge in [-0.1, -0.05) is 39.0 Å². The van der Waals surface area contributed by atoms with E-state index in [1.54, 1.807) is 0 Å². The van der Waals surface area contributed by atoms with Crippen molar-refractivity contribution in [1.82, 2.24) is 5.32 Å². The van der Waals surface area contributed by atoms with Crippen LogP contribution >= 0.6 is 0 Å². The maximum atomic E-state index is 12.1. The van der Waals surface area contributed by atoms with Crippen molar-refractivity contribution in [3.8, 4) is 0 Å². The van der Waals surface area contributed by atoms with Gasteiger partial charge >= 0.3 is 0 Å². The largest absolute Gasteiger partial charge is 0.348 e. The number of carbonyl (C=O) groups excluding carboxylic acids is 1. The number of benzene rings is 1. The number of rotatable bonds is 3. The lowest BCUT2D eigenvalue weighted by Crippen LogP contribution is -2.38. The molecule has 0 saturated heterocycles. The lowest BCUT2D eigenvalue weighted by atomic mass is 9.83. The molecule has 0 heterocycles. The first-order chi connectivity index (χ1) is 7.86. The summed E-state index contributed by atoms with van der Waals surface area (Å²) in [6.07, 6.45) is 0. The van der Waals surface area contributed by atoms with Gasteiger partial charge in [-0.15, -0.1) is 0 Å². The molecule has 3 N–H and O–H groups in total. The second-order valence-corrected chi connectivity index (χ2v) is 5.41. The van der Waals surface area contributed by atoms with Gasteiger partial charge in [0.15, 0.2) is 0 Å². The molecule has 17 heavy (non-hydrogen) atoms. The van der Waals surface area contributed by atoms with E-state index in [2.05, 4.69) is 26.1 Å². The number of nitrogens with one attached hydrogen (secondary N) is 1. The molecule has 1 amide bonds. The highest BCUT2D eigenvalue weighted by Gasteiger charge is 2.21. The van der Waals surface area contributed by atoms with Gasteiger partial charge in [-0.2, -0.15) is 0 Å². The molecule has 0 fully saturated rings. The molecule has 3 heteroatoms. The van der Waals surface area contributed by atoms with E-state index in [-0.39, 0.29) is 17.4 Å². The maximum absolute atomic E-state index is 12.1. The Bertz CT molecular complexity index is 393. The molecule has 3 nitrogen and oxygen atoms in total. The molecular formula is C14H22N2O. The quantitative estimate of drug-likeness (QED) is 0.841. The van der Waals surface area contributed by atoms with E-state index in [1.165, 1.54) is 0 Å². The summed E-state index contributed by atoms with van der Waals surface area (Å²) in [4.78, 5) is 12.1. The average molecular weight is 234 g/mol. The minimum absolute atomic E-state index is 0.00414. The standard InChI is InChI=1S/C14H22N2O/c1-10(9-15)16-13(17)11-7-5-6-8-12(11)14(2,3)4/h5-8,10H,9,15H2,1-4H3,(H,16,17)/t10-/m1/s1. The molecule has 1 atom stereocenters. The summed E-state index contributed by atoms with van der Waals surface area (Å²) in [7, 11) is 0. The zero-order valence-corrected chi connectivity index (χ0v) is 11.1. The highest BCUT2D eigenvalue weighted by atomic mass is 16.1. The molecule has 1 aromatic carbocycles. The molecule has 94 valence electrons. The van der Waals surface area contributed by atoms with Crippen LogP contribution in [-0.4, -0.2) is 18.5 Å². The molecule has 1 rings (SSSR count). The van der Waals surface area contributed by atoms with Crippen molar-refractivity contribution in [3.63, 3.8) is 0 Å². The van der Waals surface area contributed by atoms with Gasteiger partial charge in [0.25, 0.3) is 5.91 Å². The first-order valence-electron chi connectivity index (χ1n) is 5.96. The number of amides is 1. The van der Waals surface area contributed by atoms with Crippen LogP contribution in [0.5, 0.6) is 0 Å². The third-order valence-electron chi connectivity index (χ3n) is 2.71. The summed E-state index contributed by atoms with van der Waals surface area (Å²) in [6.45, 7) is 8.66. The minimum Gasteiger partial charge on any atom is -0.348 e. The summed E-state index contributed by atoms with van der Waals surface area (Å²) in [6, 6.07) is 7.71. The van der Waals surface area contributed by atoms with E-state index in [9.17, 15) is 4.79 Å². The van der Waals surface area contributed by atoms with Crippen molar-refractivity contribution in [2.75, 3.05) is 6.54 Å². The van der Waals surface area contributed by atoms with E-state index >= 15 is 0 Å². The Balaban J connectivity index is 3.02. The molecule has 0 aromatic heterocycles. The predicted octanol–water partition coefficient (Wildman–Crippen LogP) is 2.06. The summed E-state index contributed by atoms with van der Waals surface area (Å²) in [5, 5.41) is 2.89. The van der Waals surface area contributed by atoms with Crippen LogP contribution in [0.1, 0.15) is 43.6 Å². The fraction of sp³-hybridized carbons (Fsp3) is 0.500. The molecule has 0 unspecified atom stereocenters. The zero-order valence-electron chi connectivity index (χ0n) is 11.1. The van der Waals surface area contributed by atoms with Crippen molar-refractivity contribution < 1.29 is 4.79 Å². The van der Waals surface area contributed by atoms with E-state index in [4.69, 9.17) is 5.73 Å². The second kappa shape index (κ2) is 5.32. The van der Waals surface area contributed by atoms with Gasteiger partial charge in [0.1, 0.15) is 0 Å². The predicted molar refractivity (Wildman–Crippen MR) is 71.1 cm³/mol. The molecule has 0 bridgehead atoms. The third kappa shape index (κ3) is 3.56. The lowest BCUT2D eigenvalue weighted by Gasteiger charge is -2.23. The van der Waals surface area contributed by atoms with E-state index in [0.717, 1.165) is 11.1 Å². The second-order valence-electron chi connectivity index (χ2n) is 5.41. The Morgan fingerprint density at radius 3 is 2.47 bits per heavy atom. The molecule has 1 aromatic rings.